The molecule has 1 heterocycles. The number of nitrogens with one attached hydrogen (secondary N) is 1. The molecule has 6 heteroatoms. The molecule has 0 aliphatic carbocycles. The second kappa shape index (κ2) is 9.38. The Morgan fingerprint density at radius 3 is 2.54 bits per heavy atom. The van der Waals surface area contributed by atoms with Crippen LogP contribution in [0.5, 0.6) is 0 Å². The zero-order valence-electron chi connectivity index (χ0n) is 16.3. The third kappa shape index (κ3) is 4.64. The van der Waals surface area contributed by atoms with Crippen molar-refractivity contribution >= 4 is 11.9 Å². The molecule has 1 aliphatic rings. The predicted octanol–water partition coefficient (Wildman–Crippen LogP) is 2.74. The summed E-state index contributed by atoms with van der Waals surface area (Å²) in [5.41, 5.74) is 2.43. The molecule has 6 nitrogen and oxygen atoms in total. The van der Waals surface area contributed by atoms with Crippen LogP contribution in [0.1, 0.15) is 32.4 Å². The highest BCUT2D eigenvalue weighted by Crippen LogP contribution is 2.31. The number of allylic oxidation sites excluding steroid dienone is 1. The highest BCUT2D eigenvalue weighted by molar-refractivity contribution is 5.96. The lowest BCUT2D eigenvalue weighted by molar-refractivity contribution is -0.136. The molecular weight excluding hydrogens is 330 g/mol. The molecule has 2 rings (SSSR count). The van der Waals surface area contributed by atoms with Crippen molar-refractivity contribution in [2.45, 2.75) is 26.8 Å². The average Bonchev–Trinajstić information content (AvgIpc) is 2.65. The van der Waals surface area contributed by atoms with Gasteiger partial charge in [-0.3, -0.25) is 4.99 Å². The summed E-state index contributed by atoms with van der Waals surface area (Å²) in [6.07, 6.45) is 0. The summed E-state index contributed by atoms with van der Waals surface area (Å²) in [5.74, 6) is 0.860. The number of benzene rings is 1. The highest BCUT2D eigenvalue weighted by atomic mass is 16.5. The number of carbonyl (C=O) groups excluding carboxylic acids is 1. The van der Waals surface area contributed by atoms with Crippen molar-refractivity contribution in [3.05, 3.63) is 47.2 Å². The van der Waals surface area contributed by atoms with E-state index in [0.29, 0.717) is 31.2 Å². The molecule has 0 spiro atoms. The number of rotatable bonds is 7. The lowest BCUT2D eigenvalue weighted by Gasteiger charge is -2.38. The van der Waals surface area contributed by atoms with E-state index in [-0.39, 0.29) is 12.0 Å². The van der Waals surface area contributed by atoms with Crippen LogP contribution in [0.3, 0.4) is 0 Å². The Hall–Kier alpha value is -2.34. The number of hydrogen-bond acceptors (Lipinski definition) is 4. The molecule has 1 aromatic carbocycles. The molecule has 0 bridgehead atoms. The maximum atomic E-state index is 12.5. The van der Waals surface area contributed by atoms with Gasteiger partial charge in [0, 0.05) is 25.9 Å². The lowest BCUT2D eigenvalue weighted by atomic mass is 9.95. The van der Waals surface area contributed by atoms with Crippen LogP contribution in [0.15, 0.2) is 46.6 Å². The average molecular weight is 359 g/mol. The van der Waals surface area contributed by atoms with Gasteiger partial charge >= 0.3 is 5.97 Å². The van der Waals surface area contributed by atoms with Crippen LogP contribution in [0.4, 0.5) is 0 Å². The molecule has 0 fully saturated rings. The molecule has 1 aromatic rings. The topological polar surface area (TPSA) is 63.2 Å². The zero-order chi connectivity index (χ0) is 19.1. The summed E-state index contributed by atoms with van der Waals surface area (Å²) in [4.78, 5) is 19.3. The number of carbonyl (C=O) groups is 1. The molecule has 26 heavy (non-hydrogen) atoms. The van der Waals surface area contributed by atoms with Gasteiger partial charge in [0.05, 0.1) is 25.3 Å². The predicted molar refractivity (Wildman–Crippen MR) is 103 cm³/mol. The van der Waals surface area contributed by atoms with E-state index >= 15 is 0 Å². The summed E-state index contributed by atoms with van der Waals surface area (Å²) >= 11 is 0. The Balaban J connectivity index is 2.52. The van der Waals surface area contributed by atoms with Gasteiger partial charge in [0.1, 0.15) is 0 Å². The molecule has 1 N–H and O–H groups in total. The minimum absolute atomic E-state index is 0.298. The third-order valence-corrected chi connectivity index (χ3v) is 4.28. The highest BCUT2D eigenvalue weighted by Gasteiger charge is 2.34. The van der Waals surface area contributed by atoms with Gasteiger partial charge in [-0.2, -0.15) is 0 Å². The van der Waals surface area contributed by atoms with Gasteiger partial charge in [-0.1, -0.05) is 44.2 Å². The third-order valence-electron chi connectivity index (χ3n) is 4.28. The van der Waals surface area contributed by atoms with Crippen LogP contribution in [0.2, 0.25) is 0 Å². The fourth-order valence-electron chi connectivity index (χ4n) is 2.92. The lowest BCUT2D eigenvalue weighted by Crippen LogP contribution is -2.50. The second-order valence-electron chi connectivity index (χ2n) is 6.68. The van der Waals surface area contributed by atoms with E-state index in [0.717, 1.165) is 17.2 Å². The quantitative estimate of drug-likeness (QED) is 0.759. The van der Waals surface area contributed by atoms with Crippen LogP contribution in [-0.2, 0) is 14.3 Å². The number of hydrogen-bond donors (Lipinski definition) is 1. The van der Waals surface area contributed by atoms with E-state index in [9.17, 15) is 4.79 Å². The van der Waals surface area contributed by atoms with E-state index < -0.39 is 0 Å². The molecular formula is C20H29N3O3. The van der Waals surface area contributed by atoms with E-state index in [1.165, 1.54) is 7.11 Å². The van der Waals surface area contributed by atoms with Gasteiger partial charge in [0.25, 0.3) is 0 Å². The van der Waals surface area contributed by atoms with Crippen molar-refractivity contribution in [2.24, 2.45) is 10.9 Å². The molecule has 1 unspecified atom stereocenters. The molecule has 142 valence electrons. The monoisotopic (exact) mass is 359 g/mol. The first kappa shape index (κ1) is 20.0. The SMILES string of the molecule is COCCN1C(=NCC(C)C)NC(c2ccccc2)C(C(=O)OC)=C1C. The first-order valence-corrected chi connectivity index (χ1v) is 8.91. The van der Waals surface area contributed by atoms with Gasteiger partial charge in [-0.15, -0.1) is 0 Å². The fourth-order valence-corrected chi connectivity index (χ4v) is 2.92. The largest absolute Gasteiger partial charge is 0.466 e. The molecule has 0 saturated heterocycles. The number of ether oxygens (including phenoxy) is 2. The number of esters is 1. The Bertz CT molecular complexity index is 668. The fraction of sp³-hybridized carbons (Fsp3) is 0.500. The van der Waals surface area contributed by atoms with Crippen LogP contribution in [0, 0.1) is 5.92 Å². The molecule has 0 amide bonds. The zero-order valence-corrected chi connectivity index (χ0v) is 16.3. The van der Waals surface area contributed by atoms with Gasteiger partial charge in [0.15, 0.2) is 5.96 Å². The minimum atomic E-state index is -0.339. The summed E-state index contributed by atoms with van der Waals surface area (Å²) in [6, 6.07) is 9.58. The van der Waals surface area contributed by atoms with E-state index in [1.54, 1.807) is 7.11 Å². The standard InChI is InChI=1S/C20H29N3O3/c1-14(2)13-21-20-22-18(16-9-7-6-8-10-16)17(19(24)26-5)15(3)23(20)11-12-25-4/h6-10,14,18H,11-13H2,1-5H3,(H,21,22). The normalized spacial score (nSPS) is 19.1. The van der Waals surface area contributed by atoms with Gasteiger partial charge in [0.2, 0.25) is 0 Å². The van der Waals surface area contributed by atoms with Crippen molar-refractivity contribution in [1.82, 2.24) is 10.2 Å². The summed E-state index contributed by atoms with van der Waals surface area (Å²) < 4.78 is 10.3. The van der Waals surface area contributed by atoms with E-state index in [4.69, 9.17) is 14.5 Å². The van der Waals surface area contributed by atoms with Crippen LogP contribution >= 0.6 is 0 Å². The van der Waals surface area contributed by atoms with Gasteiger partial charge in [-0.25, -0.2) is 4.79 Å². The molecule has 0 saturated carbocycles. The number of guanidine groups is 1. The molecule has 0 aromatic heterocycles. The molecule has 1 atom stereocenters. The van der Waals surface area contributed by atoms with Crippen molar-refractivity contribution in [3.8, 4) is 0 Å². The second-order valence-corrected chi connectivity index (χ2v) is 6.68. The first-order chi connectivity index (χ1) is 12.5. The van der Waals surface area contributed by atoms with Crippen molar-refractivity contribution < 1.29 is 14.3 Å². The summed E-state index contributed by atoms with van der Waals surface area (Å²) in [7, 11) is 3.07. The Labute approximate surface area is 155 Å². The van der Waals surface area contributed by atoms with E-state index in [1.807, 2.05) is 42.2 Å². The van der Waals surface area contributed by atoms with Gasteiger partial charge < -0.3 is 19.7 Å². The smallest absolute Gasteiger partial charge is 0.337 e. The Kier molecular flexibility index (Phi) is 7.21. The van der Waals surface area contributed by atoms with Crippen LogP contribution in [-0.4, -0.2) is 50.7 Å². The van der Waals surface area contributed by atoms with Crippen LogP contribution in [0.25, 0.3) is 0 Å². The van der Waals surface area contributed by atoms with Gasteiger partial charge in [-0.05, 0) is 18.4 Å². The Morgan fingerprint density at radius 2 is 1.96 bits per heavy atom. The maximum absolute atomic E-state index is 12.5. The van der Waals surface area contributed by atoms with Crippen LogP contribution < -0.4 is 5.32 Å². The Morgan fingerprint density at radius 1 is 1.27 bits per heavy atom. The molecule has 1 aliphatic heterocycles. The minimum Gasteiger partial charge on any atom is -0.466 e. The summed E-state index contributed by atoms with van der Waals surface area (Å²) in [6.45, 7) is 8.03. The first-order valence-electron chi connectivity index (χ1n) is 8.91. The number of nitrogens with zero attached hydrogens (tertiary/aromatic N) is 2. The maximum Gasteiger partial charge on any atom is 0.337 e. The summed E-state index contributed by atoms with van der Waals surface area (Å²) in [5, 5.41) is 3.44. The molecule has 0 radical (unpaired) electrons. The van der Waals surface area contributed by atoms with Crippen molar-refractivity contribution in [3.63, 3.8) is 0 Å². The number of methoxy groups -OCH3 is 2. The van der Waals surface area contributed by atoms with E-state index in [2.05, 4.69) is 19.2 Å². The van der Waals surface area contributed by atoms with Crippen molar-refractivity contribution in [1.29, 1.82) is 0 Å². The number of aliphatic imine (C=N–C) groups is 1. The van der Waals surface area contributed by atoms with Crippen molar-refractivity contribution in [2.75, 3.05) is 33.9 Å².